The van der Waals surface area contributed by atoms with Crippen molar-refractivity contribution in [2.24, 2.45) is 9.98 Å². The zero-order valence-corrected chi connectivity index (χ0v) is 15.5. The second-order valence-corrected chi connectivity index (χ2v) is 5.54. The highest BCUT2D eigenvalue weighted by Gasteiger charge is 2.17. The Hall–Kier alpha value is -3.68. The van der Waals surface area contributed by atoms with Crippen LogP contribution in [0.5, 0.6) is 11.5 Å². The Morgan fingerprint density at radius 1 is 0.893 bits per heavy atom. The quantitative estimate of drug-likeness (QED) is 0.341. The van der Waals surface area contributed by atoms with E-state index in [9.17, 15) is 19.8 Å². The zero-order valence-electron chi connectivity index (χ0n) is 15.5. The highest BCUT2D eigenvalue weighted by atomic mass is 16.5. The maximum atomic E-state index is 12.0. The number of carbonyl (C=O) groups is 2. The molecule has 0 atom stereocenters. The number of aromatic hydroxyl groups is 2. The standard InChI is InChI=1S/C20H20N2O6/c1-13(23)28-19(15-8-4-6-10-17(15)25)22-12-11-21-18(20(26)27-2)14-7-3-5-9-16(14)24/h3-10,24-25H,11-12H2,1-2H3. The highest BCUT2D eigenvalue weighted by molar-refractivity contribution is 6.43. The smallest absolute Gasteiger partial charge is 0.356 e. The molecule has 28 heavy (non-hydrogen) atoms. The molecule has 0 radical (unpaired) electrons. The Balaban J connectivity index is 2.24. The van der Waals surface area contributed by atoms with Crippen LogP contribution in [0.4, 0.5) is 0 Å². The van der Waals surface area contributed by atoms with Crippen LogP contribution < -0.4 is 0 Å². The molecule has 2 N–H and O–H groups in total. The van der Waals surface area contributed by atoms with Crippen LogP contribution in [0.15, 0.2) is 58.5 Å². The van der Waals surface area contributed by atoms with E-state index in [1.54, 1.807) is 36.4 Å². The van der Waals surface area contributed by atoms with Crippen LogP contribution in [0.1, 0.15) is 18.1 Å². The molecule has 2 aromatic carbocycles. The first-order valence-electron chi connectivity index (χ1n) is 8.36. The second-order valence-electron chi connectivity index (χ2n) is 5.54. The number of phenols is 2. The molecule has 146 valence electrons. The van der Waals surface area contributed by atoms with Crippen LogP contribution in [0.2, 0.25) is 0 Å². The summed E-state index contributed by atoms with van der Waals surface area (Å²) in [4.78, 5) is 31.7. The molecule has 0 unspecified atom stereocenters. The van der Waals surface area contributed by atoms with Gasteiger partial charge in [0.25, 0.3) is 0 Å². The molecule has 0 amide bonds. The van der Waals surface area contributed by atoms with E-state index < -0.39 is 11.9 Å². The lowest BCUT2D eigenvalue weighted by Crippen LogP contribution is -2.18. The van der Waals surface area contributed by atoms with Crippen molar-refractivity contribution < 1.29 is 29.3 Å². The Kier molecular flexibility index (Phi) is 7.27. The highest BCUT2D eigenvalue weighted by Crippen LogP contribution is 2.18. The van der Waals surface area contributed by atoms with Crippen molar-refractivity contribution in [3.63, 3.8) is 0 Å². The van der Waals surface area contributed by atoms with Gasteiger partial charge in [-0.15, -0.1) is 0 Å². The first-order chi connectivity index (χ1) is 13.4. The van der Waals surface area contributed by atoms with Gasteiger partial charge in [-0.2, -0.15) is 0 Å². The van der Waals surface area contributed by atoms with Gasteiger partial charge >= 0.3 is 11.9 Å². The largest absolute Gasteiger partial charge is 0.507 e. The van der Waals surface area contributed by atoms with E-state index in [0.717, 1.165) is 0 Å². The van der Waals surface area contributed by atoms with Gasteiger partial charge in [0, 0.05) is 12.5 Å². The predicted octanol–water partition coefficient (Wildman–Crippen LogP) is 2.07. The minimum absolute atomic E-state index is 0.0487. The molecule has 0 aliphatic rings. The third-order valence-corrected chi connectivity index (χ3v) is 3.54. The fraction of sp³-hybridized carbons (Fsp3) is 0.200. The molecule has 0 aliphatic carbocycles. The lowest BCUT2D eigenvalue weighted by atomic mass is 10.1. The van der Waals surface area contributed by atoms with Gasteiger partial charge in [0.15, 0.2) is 5.71 Å². The van der Waals surface area contributed by atoms with Gasteiger partial charge in [-0.05, 0) is 24.3 Å². The minimum atomic E-state index is -0.702. The van der Waals surface area contributed by atoms with Crippen LogP contribution in [0, 0.1) is 0 Å². The summed E-state index contributed by atoms with van der Waals surface area (Å²) in [6.45, 7) is 1.34. The van der Waals surface area contributed by atoms with Gasteiger partial charge in [0.1, 0.15) is 11.5 Å². The summed E-state index contributed by atoms with van der Waals surface area (Å²) in [7, 11) is 1.22. The van der Waals surface area contributed by atoms with Gasteiger partial charge in [0.05, 0.1) is 25.8 Å². The average molecular weight is 384 g/mol. The number of ether oxygens (including phenoxy) is 2. The molecule has 0 spiro atoms. The predicted molar refractivity (Wildman–Crippen MR) is 103 cm³/mol. The van der Waals surface area contributed by atoms with Crippen molar-refractivity contribution in [3.05, 3.63) is 59.7 Å². The van der Waals surface area contributed by atoms with E-state index in [4.69, 9.17) is 9.47 Å². The number of methoxy groups -OCH3 is 1. The number of hydrogen-bond donors (Lipinski definition) is 2. The van der Waals surface area contributed by atoms with Crippen molar-refractivity contribution in [2.45, 2.75) is 6.92 Å². The first-order valence-corrected chi connectivity index (χ1v) is 8.36. The molecule has 0 aliphatic heterocycles. The molecule has 2 rings (SSSR count). The molecule has 0 aromatic heterocycles. The zero-order chi connectivity index (χ0) is 20.5. The third-order valence-electron chi connectivity index (χ3n) is 3.54. The molecule has 8 nitrogen and oxygen atoms in total. The molecule has 0 fully saturated rings. The van der Waals surface area contributed by atoms with Crippen molar-refractivity contribution in [1.82, 2.24) is 0 Å². The number of para-hydroxylation sites is 2. The molecule has 2 aromatic rings. The Bertz CT molecular complexity index is 920. The van der Waals surface area contributed by atoms with Crippen molar-refractivity contribution in [2.75, 3.05) is 20.2 Å². The summed E-state index contributed by atoms with van der Waals surface area (Å²) in [5.74, 6) is -1.54. The number of rotatable bonds is 6. The Labute approximate surface area is 161 Å². The number of benzene rings is 2. The summed E-state index contributed by atoms with van der Waals surface area (Å²) in [5, 5.41) is 19.9. The van der Waals surface area contributed by atoms with Gasteiger partial charge < -0.3 is 19.7 Å². The first kappa shape index (κ1) is 20.6. The second kappa shape index (κ2) is 9.86. The van der Waals surface area contributed by atoms with E-state index in [1.807, 2.05) is 0 Å². The topological polar surface area (TPSA) is 118 Å². The molecule has 0 heterocycles. The van der Waals surface area contributed by atoms with Crippen LogP contribution in [0.3, 0.4) is 0 Å². The van der Waals surface area contributed by atoms with E-state index in [1.165, 1.54) is 26.2 Å². The lowest BCUT2D eigenvalue weighted by Gasteiger charge is -2.08. The van der Waals surface area contributed by atoms with E-state index in [0.29, 0.717) is 0 Å². The number of hydrogen-bond acceptors (Lipinski definition) is 8. The Morgan fingerprint density at radius 3 is 1.96 bits per heavy atom. The van der Waals surface area contributed by atoms with Crippen LogP contribution in [0.25, 0.3) is 0 Å². The normalized spacial score (nSPS) is 11.8. The fourth-order valence-corrected chi connectivity index (χ4v) is 2.31. The van der Waals surface area contributed by atoms with Gasteiger partial charge in [0.2, 0.25) is 5.90 Å². The third kappa shape index (κ3) is 5.41. The van der Waals surface area contributed by atoms with E-state index in [-0.39, 0.29) is 47.3 Å². The van der Waals surface area contributed by atoms with E-state index >= 15 is 0 Å². The lowest BCUT2D eigenvalue weighted by molar-refractivity contribution is -0.133. The summed E-state index contributed by atoms with van der Waals surface area (Å²) in [6, 6.07) is 12.5. The molecule has 0 saturated heterocycles. The van der Waals surface area contributed by atoms with Crippen molar-refractivity contribution in [1.29, 1.82) is 0 Å². The van der Waals surface area contributed by atoms with Crippen LogP contribution in [-0.4, -0.2) is 54.0 Å². The van der Waals surface area contributed by atoms with Crippen LogP contribution in [-0.2, 0) is 19.1 Å². The van der Waals surface area contributed by atoms with Crippen LogP contribution >= 0.6 is 0 Å². The molecule has 8 heteroatoms. The number of phenolic OH excluding ortho intramolecular Hbond substituents is 2. The van der Waals surface area contributed by atoms with E-state index in [2.05, 4.69) is 9.98 Å². The Morgan fingerprint density at radius 2 is 1.43 bits per heavy atom. The molecule has 0 saturated carbocycles. The number of aliphatic imine (C=N–C) groups is 2. The maximum Gasteiger partial charge on any atom is 0.356 e. The summed E-state index contributed by atoms with van der Waals surface area (Å²) < 4.78 is 9.79. The SMILES string of the molecule is COC(=O)C(=NCCN=C(OC(C)=O)c1ccccc1O)c1ccccc1O. The molecular weight excluding hydrogens is 364 g/mol. The number of carbonyl (C=O) groups excluding carboxylic acids is 2. The fourth-order valence-electron chi connectivity index (χ4n) is 2.31. The molecular formula is C20H20N2O6. The minimum Gasteiger partial charge on any atom is -0.507 e. The van der Waals surface area contributed by atoms with Gasteiger partial charge in [-0.25, -0.2) is 9.79 Å². The monoisotopic (exact) mass is 384 g/mol. The average Bonchev–Trinajstić information content (AvgIpc) is 2.67. The van der Waals surface area contributed by atoms with Gasteiger partial charge in [-0.1, -0.05) is 24.3 Å². The number of esters is 2. The summed E-state index contributed by atoms with van der Waals surface area (Å²) >= 11 is 0. The van der Waals surface area contributed by atoms with Gasteiger partial charge in [-0.3, -0.25) is 9.79 Å². The summed E-state index contributed by atoms with van der Waals surface area (Å²) in [5.41, 5.74) is 0.446. The van der Waals surface area contributed by atoms with Crippen molar-refractivity contribution >= 4 is 23.5 Å². The number of nitrogens with zero attached hydrogens (tertiary/aromatic N) is 2. The van der Waals surface area contributed by atoms with Crippen molar-refractivity contribution in [3.8, 4) is 11.5 Å². The molecule has 0 bridgehead atoms. The summed E-state index contributed by atoms with van der Waals surface area (Å²) in [6.07, 6.45) is 0. The maximum absolute atomic E-state index is 12.0.